The topological polar surface area (TPSA) is 63.2 Å². The van der Waals surface area contributed by atoms with Gasteiger partial charge >= 0.3 is 0 Å². The summed E-state index contributed by atoms with van der Waals surface area (Å²) in [5.41, 5.74) is 0.927. The molecule has 4 nitrogen and oxygen atoms in total. The molecule has 0 aliphatic rings. The van der Waals surface area contributed by atoms with Crippen LogP contribution < -0.4 is 5.32 Å². The minimum atomic E-state index is -3.33. The molecule has 2 aromatic carbocycles. The minimum Gasteiger partial charge on any atom is -0.356 e. The van der Waals surface area contributed by atoms with Crippen LogP contribution in [0.5, 0.6) is 0 Å². The number of amides is 1. The Morgan fingerprint density at radius 3 is 2.12 bits per heavy atom. The third kappa shape index (κ3) is 6.30. The van der Waals surface area contributed by atoms with E-state index >= 15 is 0 Å². The Morgan fingerprint density at radius 1 is 0.962 bits per heavy atom. The summed E-state index contributed by atoms with van der Waals surface area (Å²) in [6.45, 7) is 4.00. The average molecular weight is 374 g/mol. The molecule has 0 saturated carbocycles. The van der Waals surface area contributed by atoms with Gasteiger partial charge in [-0.1, -0.05) is 55.5 Å². The number of benzene rings is 2. The zero-order valence-electron chi connectivity index (χ0n) is 15.4. The Bertz CT molecular complexity index is 804. The molecule has 0 aliphatic carbocycles. The molecule has 0 spiro atoms. The van der Waals surface area contributed by atoms with Crippen LogP contribution in [0.4, 0.5) is 0 Å². The smallest absolute Gasteiger partial charge is 0.216 e. The van der Waals surface area contributed by atoms with Crippen LogP contribution in [-0.4, -0.2) is 26.6 Å². The standard InChI is InChI=1S/C21H27NO3S/c1-18(23)22-17-21(2,14-13-19-9-5-3-6-10-19)15-16-26(24,25)20-11-7-4-8-12-20/h3-12H,13-17H2,1-2H3,(H,22,23)/t21-/m1/s1. The zero-order chi connectivity index (χ0) is 19.0. The molecule has 0 aromatic heterocycles. The first-order valence-corrected chi connectivity index (χ1v) is 10.5. The number of sulfone groups is 1. The van der Waals surface area contributed by atoms with Crippen molar-refractivity contribution in [3.05, 3.63) is 66.2 Å². The van der Waals surface area contributed by atoms with Crippen molar-refractivity contribution in [1.29, 1.82) is 0 Å². The number of hydrogen-bond acceptors (Lipinski definition) is 3. The lowest BCUT2D eigenvalue weighted by Gasteiger charge is -2.30. The first kappa shape index (κ1) is 20.2. The van der Waals surface area contributed by atoms with E-state index in [2.05, 4.69) is 17.4 Å². The van der Waals surface area contributed by atoms with Gasteiger partial charge in [0.1, 0.15) is 0 Å². The van der Waals surface area contributed by atoms with Crippen LogP contribution >= 0.6 is 0 Å². The van der Waals surface area contributed by atoms with Crippen LogP contribution in [0.3, 0.4) is 0 Å². The third-order valence-corrected chi connectivity index (χ3v) is 6.43. The summed E-state index contributed by atoms with van der Waals surface area (Å²) in [6.07, 6.45) is 2.15. The van der Waals surface area contributed by atoms with Crippen LogP contribution in [-0.2, 0) is 21.1 Å². The fourth-order valence-corrected chi connectivity index (χ4v) is 4.43. The van der Waals surface area contributed by atoms with Crippen molar-refractivity contribution in [2.75, 3.05) is 12.3 Å². The van der Waals surface area contributed by atoms with Crippen LogP contribution in [0.2, 0.25) is 0 Å². The van der Waals surface area contributed by atoms with E-state index < -0.39 is 9.84 Å². The average Bonchev–Trinajstić information content (AvgIpc) is 2.65. The molecule has 1 atom stereocenters. The Balaban J connectivity index is 2.06. The lowest BCUT2D eigenvalue weighted by molar-refractivity contribution is -0.119. The SMILES string of the molecule is CC(=O)NC[C@](C)(CCc1ccccc1)CCS(=O)(=O)c1ccccc1. The molecule has 1 amide bonds. The Kier molecular flexibility index (Phi) is 6.98. The van der Waals surface area contributed by atoms with Crippen molar-refractivity contribution >= 4 is 15.7 Å². The minimum absolute atomic E-state index is 0.0713. The monoisotopic (exact) mass is 373 g/mol. The van der Waals surface area contributed by atoms with Gasteiger partial charge in [-0.2, -0.15) is 0 Å². The first-order chi connectivity index (χ1) is 12.3. The maximum atomic E-state index is 12.6. The predicted octanol–water partition coefficient (Wildman–Crippen LogP) is 3.63. The summed E-state index contributed by atoms with van der Waals surface area (Å²) in [5, 5.41) is 2.86. The Labute approximate surface area is 156 Å². The summed E-state index contributed by atoms with van der Waals surface area (Å²) in [6, 6.07) is 18.7. The molecule has 2 rings (SSSR count). The van der Waals surface area contributed by atoms with Gasteiger partial charge in [0.15, 0.2) is 9.84 Å². The van der Waals surface area contributed by atoms with E-state index in [1.165, 1.54) is 12.5 Å². The molecule has 0 saturated heterocycles. The van der Waals surface area contributed by atoms with E-state index in [1.807, 2.05) is 25.1 Å². The van der Waals surface area contributed by atoms with Crippen molar-refractivity contribution in [1.82, 2.24) is 5.32 Å². The fraction of sp³-hybridized carbons (Fsp3) is 0.381. The van der Waals surface area contributed by atoms with E-state index in [9.17, 15) is 13.2 Å². The quantitative estimate of drug-likeness (QED) is 0.730. The summed E-state index contributed by atoms with van der Waals surface area (Å²) in [4.78, 5) is 11.7. The van der Waals surface area contributed by atoms with Crippen LogP contribution in [0.1, 0.15) is 32.3 Å². The van der Waals surface area contributed by atoms with E-state index in [1.54, 1.807) is 30.3 Å². The van der Waals surface area contributed by atoms with Gasteiger partial charge in [-0.05, 0) is 42.4 Å². The molecule has 0 bridgehead atoms. The normalized spacial score (nSPS) is 13.8. The zero-order valence-corrected chi connectivity index (χ0v) is 16.3. The van der Waals surface area contributed by atoms with Gasteiger partial charge in [-0.15, -0.1) is 0 Å². The Hall–Kier alpha value is -2.14. The molecule has 0 radical (unpaired) electrons. The number of hydrogen-bond donors (Lipinski definition) is 1. The van der Waals surface area contributed by atoms with Crippen molar-refractivity contribution < 1.29 is 13.2 Å². The summed E-state index contributed by atoms with van der Waals surface area (Å²) in [7, 11) is -3.33. The maximum absolute atomic E-state index is 12.6. The van der Waals surface area contributed by atoms with Crippen LogP contribution in [0, 0.1) is 5.41 Å². The highest BCUT2D eigenvalue weighted by atomic mass is 32.2. The molecule has 0 aliphatic heterocycles. The van der Waals surface area contributed by atoms with Gasteiger partial charge in [0, 0.05) is 13.5 Å². The van der Waals surface area contributed by atoms with E-state index in [-0.39, 0.29) is 17.1 Å². The second kappa shape index (κ2) is 8.99. The molecule has 0 heterocycles. The summed E-state index contributed by atoms with van der Waals surface area (Å²) in [5.74, 6) is -0.0242. The van der Waals surface area contributed by atoms with Gasteiger partial charge in [-0.25, -0.2) is 8.42 Å². The predicted molar refractivity (Wildman–Crippen MR) is 105 cm³/mol. The molecule has 140 valence electrons. The highest BCUT2D eigenvalue weighted by Gasteiger charge is 2.27. The van der Waals surface area contributed by atoms with Crippen LogP contribution in [0.15, 0.2) is 65.6 Å². The first-order valence-electron chi connectivity index (χ1n) is 8.87. The highest BCUT2D eigenvalue weighted by molar-refractivity contribution is 7.91. The number of rotatable bonds is 9. The maximum Gasteiger partial charge on any atom is 0.216 e. The molecule has 0 unspecified atom stereocenters. The van der Waals surface area contributed by atoms with Crippen molar-refractivity contribution in [3.8, 4) is 0 Å². The number of nitrogens with one attached hydrogen (secondary N) is 1. The van der Waals surface area contributed by atoms with E-state index in [4.69, 9.17) is 0 Å². The van der Waals surface area contributed by atoms with Crippen molar-refractivity contribution in [2.45, 2.75) is 38.0 Å². The number of carbonyl (C=O) groups is 1. The molecule has 2 aromatic rings. The van der Waals surface area contributed by atoms with Crippen molar-refractivity contribution in [3.63, 3.8) is 0 Å². The molecular weight excluding hydrogens is 346 g/mol. The van der Waals surface area contributed by atoms with Gasteiger partial charge in [-0.3, -0.25) is 4.79 Å². The van der Waals surface area contributed by atoms with E-state index in [0.717, 1.165) is 12.8 Å². The fourth-order valence-electron chi connectivity index (χ4n) is 2.86. The van der Waals surface area contributed by atoms with E-state index in [0.29, 0.717) is 17.9 Å². The molecule has 1 N–H and O–H groups in total. The van der Waals surface area contributed by atoms with Gasteiger partial charge in [0.2, 0.25) is 5.91 Å². The largest absolute Gasteiger partial charge is 0.356 e. The second-order valence-electron chi connectivity index (χ2n) is 7.09. The highest BCUT2D eigenvalue weighted by Crippen LogP contribution is 2.29. The third-order valence-electron chi connectivity index (χ3n) is 4.70. The van der Waals surface area contributed by atoms with Crippen molar-refractivity contribution in [2.24, 2.45) is 5.41 Å². The molecule has 26 heavy (non-hydrogen) atoms. The van der Waals surface area contributed by atoms with Gasteiger partial charge in [0.05, 0.1) is 10.6 Å². The molecule has 5 heteroatoms. The lowest BCUT2D eigenvalue weighted by atomic mass is 9.81. The molecule has 0 fully saturated rings. The second-order valence-corrected chi connectivity index (χ2v) is 9.20. The van der Waals surface area contributed by atoms with Crippen LogP contribution in [0.25, 0.3) is 0 Å². The Morgan fingerprint density at radius 2 is 1.54 bits per heavy atom. The lowest BCUT2D eigenvalue weighted by Crippen LogP contribution is -2.36. The van der Waals surface area contributed by atoms with Gasteiger partial charge < -0.3 is 5.32 Å². The summed E-state index contributed by atoms with van der Waals surface area (Å²) < 4.78 is 25.2. The number of carbonyl (C=O) groups excluding carboxylic acids is 1. The molecular formula is C21H27NO3S. The van der Waals surface area contributed by atoms with Gasteiger partial charge in [0.25, 0.3) is 0 Å². The number of aryl methyl sites for hydroxylation is 1. The summed E-state index contributed by atoms with van der Waals surface area (Å²) >= 11 is 0.